The van der Waals surface area contributed by atoms with E-state index in [0.29, 0.717) is 17.4 Å². The molecule has 0 radical (unpaired) electrons. The third-order valence-corrected chi connectivity index (χ3v) is 6.39. The minimum Gasteiger partial charge on any atom is -0.315 e. The largest absolute Gasteiger partial charge is 0.315 e. The zero-order valence-electron chi connectivity index (χ0n) is 11.3. The lowest BCUT2D eigenvalue weighted by Crippen LogP contribution is -2.59. The summed E-state index contributed by atoms with van der Waals surface area (Å²) >= 11 is 0. The van der Waals surface area contributed by atoms with Gasteiger partial charge in [0.15, 0.2) is 9.84 Å². The Hall–Kier alpha value is -0.880. The third kappa shape index (κ3) is 2.43. The Morgan fingerprint density at radius 2 is 2.32 bits per heavy atom. The van der Waals surface area contributed by atoms with Crippen LogP contribution in [0.5, 0.6) is 0 Å². The molecule has 6 heteroatoms. The number of hydrogen-bond acceptors (Lipinski definition) is 4. The average molecular weight is 283 g/mol. The van der Waals surface area contributed by atoms with Gasteiger partial charge < -0.3 is 5.32 Å². The van der Waals surface area contributed by atoms with E-state index in [1.165, 1.54) is 5.56 Å². The van der Waals surface area contributed by atoms with Crippen molar-refractivity contribution in [3.05, 3.63) is 18.0 Å². The Bertz CT molecular complexity index is 560. The Morgan fingerprint density at radius 3 is 2.79 bits per heavy atom. The summed E-state index contributed by atoms with van der Waals surface area (Å²) in [5.41, 5.74) is 1.36. The summed E-state index contributed by atoms with van der Waals surface area (Å²) < 4.78 is 25.3. The van der Waals surface area contributed by atoms with Crippen LogP contribution in [0.2, 0.25) is 0 Å². The lowest BCUT2D eigenvalue weighted by Gasteiger charge is -2.47. The maximum absolute atomic E-state index is 11.7. The summed E-state index contributed by atoms with van der Waals surface area (Å²) in [7, 11) is -2.80. The molecule has 2 aliphatic heterocycles. The first-order valence-electron chi connectivity index (χ1n) is 6.95. The van der Waals surface area contributed by atoms with E-state index in [4.69, 9.17) is 0 Å². The molecule has 19 heavy (non-hydrogen) atoms. The molecule has 1 unspecified atom stereocenters. The molecular weight excluding hydrogens is 262 g/mol. The monoisotopic (exact) mass is 283 g/mol. The van der Waals surface area contributed by atoms with Crippen LogP contribution in [0.3, 0.4) is 0 Å². The highest BCUT2D eigenvalue weighted by molar-refractivity contribution is 7.91. The Balaban J connectivity index is 1.76. The molecular formula is C13H21N3O2S. The van der Waals surface area contributed by atoms with E-state index >= 15 is 0 Å². The van der Waals surface area contributed by atoms with E-state index in [9.17, 15) is 8.42 Å². The highest BCUT2D eigenvalue weighted by Crippen LogP contribution is 2.41. The number of aromatic nitrogens is 2. The second-order valence-corrected chi connectivity index (χ2v) is 8.18. The van der Waals surface area contributed by atoms with Crippen LogP contribution in [0, 0.1) is 11.3 Å². The van der Waals surface area contributed by atoms with Gasteiger partial charge in [0.05, 0.1) is 17.7 Å². The molecule has 0 aliphatic carbocycles. The number of rotatable bonds is 4. The summed E-state index contributed by atoms with van der Waals surface area (Å²) in [5, 5.41) is 7.64. The Kier molecular flexibility index (Phi) is 3.17. The minimum absolute atomic E-state index is 0.130. The van der Waals surface area contributed by atoms with Crippen LogP contribution in [-0.2, 0) is 22.8 Å². The van der Waals surface area contributed by atoms with Gasteiger partial charge in [-0.05, 0) is 31.2 Å². The normalized spacial score (nSPS) is 28.2. The fourth-order valence-electron chi connectivity index (χ4n) is 3.36. The Morgan fingerprint density at radius 1 is 1.53 bits per heavy atom. The van der Waals surface area contributed by atoms with Crippen LogP contribution in [-0.4, -0.2) is 42.8 Å². The number of sulfone groups is 1. The summed E-state index contributed by atoms with van der Waals surface area (Å²) in [4.78, 5) is 0. The maximum Gasteiger partial charge on any atom is 0.150 e. The molecule has 3 rings (SSSR count). The molecule has 0 bridgehead atoms. The molecule has 0 aromatic carbocycles. The van der Waals surface area contributed by atoms with Crippen molar-refractivity contribution in [2.75, 3.05) is 24.6 Å². The standard InChI is InChI=1S/C13H21N3O2S/c1-2-16-7-11(6-15-16)5-13(9-14-10-13)12-3-4-19(17,18)8-12/h6-7,12,14H,2-5,8-10H2,1H3. The van der Waals surface area contributed by atoms with Crippen molar-refractivity contribution in [3.8, 4) is 0 Å². The fraction of sp³-hybridized carbons (Fsp3) is 0.769. The quantitative estimate of drug-likeness (QED) is 0.872. The van der Waals surface area contributed by atoms with Crippen LogP contribution in [0.4, 0.5) is 0 Å². The number of hydrogen-bond donors (Lipinski definition) is 1. The summed E-state index contributed by atoms with van der Waals surface area (Å²) in [6, 6.07) is 0. The molecule has 2 fully saturated rings. The summed E-state index contributed by atoms with van der Waals surface area (Å²) in [6.07, 6.45) is 5.78. The first-order valence-corrected chi connectivity index (χ1v) is 8.78. The van der Waals surface area contributed by atoms with Gasteiger partial charge in [0.25, 0.3) is 0 Å². The molecule has 3 heterocycles. The van der Waals surface area contributed by atoms with Crippen LogP contribution >= 0.6 is 0 Å². The fourth-order valence-corrected chi connectivity index (χ4v) is 5.30. The van der Waals surface area contributed by atoms with Crippen LogP contribution in [0.25, 0.3) is 0 Å². The van der Waals surface area contributed by atoms with Gasteiger partial charge in [-0.2, -0.15) is 5.10 Å². The van der Waals surface area contributed by atoms with Gasteiger partial charge in [0.2, 0.25) is 0 Å². The molecule has 2 saturated heterocycles. The molecule has 106 valence electrons. The smallest absolute Gasteiger partial charge is 0.150 e. The summed E-state index contributed by atoms with van der Waals surface area (Å²) in [5.74, 6) is 1.05. The van der Waals surface area contributed by atoms with E-state index in [-0.39, 0.29) is 5.41 Å². The van der Waals surface area contributed by atoms with Crippen molar-refractivity contribution in [2.24, 2.45) is 11.3 Å². The van der Waals surface area contributed by atoms with Crippen molar-refractivity contribution < 1.29 is 8.42 Å². The van der Waals surface area contributed by atoms with Gasteiger partial charge in [0, 0.05) is 31.2 Å². The first-order chi connectivity index (χ1) is 9.03. The highest BCUT2D eigenvalue weighted by atomic mass is 32.2. The van der Waals surface area contributed by atoms with E-state index in [1.54, 1.807) is 0 Å². The predicted molar refractivity (Wildman–Crippen MR) is 73.7 cm³/mol. The molecule has 5 nitrogen and oxygen atoms in total. The second kappa shape index (κ2) is 4.59. The third-order valence-electron chi connectivity index (χ3n) is 4.62. The molecule has 0 saturated carbocycles. The molecule has 1 aromatic rings. The zero-order chi connectivity index (χ0) is 13.5. The molecule has 1 N–H and O–H groups in total. The highest BCUT2D eigenvalue weighted by Gasteiger charge is 2.48. The lowest BCUT2D eigenvalue weighted by atomic mass is 9.67. The van der Waals surface area contributed by atoms with Gasteiger partial charge in [0.1, 0.15) is 0 Å². The van der Waals surface area contributed by atoms with E-state index < -0.39 is 9.84 Å². The lowest BCUT2D eigenvalue weighted by molar-refractivity contribution is 0.0924. The van der Waals surface area contributed by atoms with Crippen LogP contribution in [0.1, 0.15) is 18.9 Å². The van der Waals surface area contributed by atoms with Crippen molar-refractivity contribution in [1.29, 1.82) is 0 Å². The van der Waals surface area contributed by atoms with Gasteiger partial charge >= 0.3 is 0 Å². The van der Waals surface area contributed by atoms with Crippen LogP contribution < -0.4 is 5.32 Å². The number of aryl methyl sites for hydroxylation is 1. The Labute approximate surface area is 114 Å². The van der Waals surface area contributed by atoms with Gasteiger partial charge in [-0.1, -0.05) is 0 Å². The van der Waals surface area contributed by atoms with E-state index in [2.05, 4.69) is 23.5 Å². The van der Waals surface area contributed by atoms with Crippen molar-refractivity contribution in [3.63, 3.8) is 0 Å². The van der Waals surface area contributed by atoms with Gasteiger partial charge in [-0.15, -0.1) is 0 Å². The predicted octanol–water partition coefficient (Wildman–Crippen LogP) is 0.470. The molecule has 0 spiro atoms. The van der Waals surface area contributed by atoms with Crippen molar-refractivity contribution >= 4 is 9.84 Å². The maximum atomic E-state index is 11.7. The molecule has 2 aliphatic rings. The van der Waals surface area contributed by atoms with E-state index in [0.717, 1.165) is 32.5 Å². The first kappa shape index (κ1) is 13.1. The molecule has 0 amide bonds. The van der Waals surface area contributed by atoms with Gasteiger partial charge in [-0.3, -0.25) is 4.68 Å². The SMILES string of the molecule is CCn1cc(CC2(C3CCS(=O)(=O)C3)CNC2)cn1. The van der Waals surface area contributed by atoms with E-state index in [1.807, 2.05) is 10.9 Å². The zero-order valence-corrected chi connectivity index (χ0v) is 12.1. The average Bonchev–Trinajstić information content (AvgIpc) is 2.90. The van der Waals surface area contributed by atoms with Crippen LogP contribution in [0.15, 0.2) is 12.4 Å². The second-order valence-electron chi connectivity index (χ2n) is 5.95. The number of nitrogens with zero attached hydrogens (tertiary/aromatic N) is 2. The van der Waals surface area contributed by atoms with Gasteiger partial charge in [-0.25, -0.2) is 8.42 Å². The topological polar surface area (TPSA) is 64.0 Å². The molecule has 1 aromatic heterocycles. The minimum atomic E-state index is -2.80. The number of nitrogens with one attached hydrogen (secondary N) is 1. The molecule has 1 atom stereocenters. The van der Waals surface area contributed by atoms with Crippen molar-refractivity contribution in [1.82, 2.24) is 15.1 Å². The van der Waals surface area contributed by atoms with Crippen molar-refractivity contribution in [2.45, 2.75) is 26.3 Å². The summed E-state index contributed by atoms with van der Waals surface area (Å²) in [6.45, 7) is 4.82.